The molecule has 3 aliphatic rings. The van der Waals surface area contributed by atoms with Crippen LogP contribution in [0.1, 0.15) is 32.3 Å². The second-order valence-corrected chi connectivity index (χ2v) is 14.2. The predicted molar refractivity (Wildman–Crippen MR) is 158 cm³/mol. The molecule has 1 spiro atoms. The molecular weight excluding hydrogens is 602 g/mol. The van der Waals surface area contributed by atoms with Crippen molar-refractivity contribution in [3.63, 3.8) is 0 Å². The molecule has 3 saturated heterocycles. The fourth-order valence-electron chi connectivity index (χ4n) is 6.53. The van der Waals surface area contributed by atoms with Crippen molar-refractivity contribution in [3.05, 3.63) is 65.2 Å². The van der Waals surface area contributed by atoms with Gasteiger partial charge in [0.25, 0.3) is 0 Å². The lowest BCUT2D eigenvalue weighted by Gasteiger charge is -2.37. The summed E-state index contributed by atoms with van der Waals surface area (Å²) in [6, 6.07) is 15.1. The van der Waals surface area contributed by atoms with E-state index in [0.717, 1.165) is 5.56 Å². The molecule has 3 unspecified atom stereocenters. The molecule has 3 N–H and O–H groups in total. The van der Waals surface area contributed by atoms with Crippen molar-refractivity contribution in [2.75, 3.05) is 11.9 Å². The van der Waals surface area contributed by atoms with E-state index in [9.17, 15) is 19.5 Å². The van der Waals surface area contributed by atoms with Crippen LogP contribution in [0, 0.1) is 17.8 Å². The van der Waals surface area contributed by atoms with Crippen LogP contribution in [0.15, 0.2) is 54.6 Å². The molecule has 0 aromatic heterocycles. The highest BCUT2D eigenvalue weighted by atomic mass is 79.9. The van der Waals surface area contributed by atoms with Gasteiger partial charge < -0.3 is 20.6 Å². The third-order valence-corrected chi connectivity index (χ3v) is 11.5. The quantitative estimate of drug-likeness (QED) is 0.354. The van der Waals surface area contributed by atoms with Crippen molar-refractivity contribution in [3.8, 4) is 0 Å². The van der Waals surface area contributed by atoms with Gasteiger partial charge in [-0.1, -0.05) is 71.7 Å². The smallest absolute Gasteiger partial charge is 0.248 e. The number of nitrogens with zero attached hydrogens (tertiary/aromatic N) is 1. The third-order valence-electron chi connectivity index (χ3n) is 8.05. The number of benzene rings is 2. The maximum absolute atomic E-state index is 14.3. The number of rotatable bonds is 9. The van der Waals surface area contributed by atoms with Crippen LogP contribution < -0.4 is 10.6 Å². The second-order valence-electron chi connectivity index (χ2n) is 11.1. The van der Waals surface area contributed by atoms with Gasteiger partial charge in [-0.3, -0.25) is 14.4 Å². The highest BCUT2D eigenvalue weighted by Gasteiger charge is 2.76. The molecule has 2 aromatic rings. The number of thioether (sulfide) groups is 1. The molecule has 10 heteroatoms. The lowest BCUT2D eigenvalue weighted by molar-refractivity contribution is -0.142. The van der Waals surface area contributed by atoms with Crippen molar-refractivity contribution < 1.29 is 19.5 Å². The number of aliphatic hydroxyl groups excluding tert-OH is 1. The first-order valence-electron chi connectivity index (χ1n) is 13.3. The lowest BCUT2D eigenvalue weighted by Crippen LogP contribution is -2.55. The molecular formula is C29H33BrClN3O4S. The topological polar surface area (TPSA) is 98.7 Å². The molecule has 3 amide bonds. The van der Waals surface area contributed by atoms with Crippen LogP contribution >= 0.6 is 39.3 Å². The zero-order valence-electron chi connectivity index (χ0n) is 21.8. The number of carbonyl (C=O) groups is 3. The Morgan fingerprint density at radius 2 is 1.85 bits per heavy atom. The van der Waals surface area contributed by atoms with E-state index in [1.807, 2.05) is 44.2 Å². The summed E-state index contributed by atoms with van der Waals surface area (Å²) >= 11 is 11.4. The molecule has 0 radical (unpaired) electrons. The Morgan fingerprint density at radius 3 is 2.49 bits per heavy atom. The first-order chi connectivity index (χ1) is 18.7. The second kappa shape index (κ2) is 11.4. The lowest BCUT2D eigenvalue weighted by atomic mass is 9.70. The molecule has 0 saturated carbocycles. The number of hydrogen-bond acceptors (Lipinski definition) is 5. The molecule has 3 fully saturated rings. The number of carbonyl (C=O) groups excluding carboxylic acids is 3. The monoisotopic (exact) mass is 633 g/mol. The molecule has 5 rings (SSSR count). The predicted octanol–water partition coefficient (Wildman–Crippen LogP) is 4.47. The van der Waals surface area contributed by atoms with E-state index >= 15 is 0 Å². The standard InChI is InChI=1S/C29H33BrClN3O4S/c1-16(2)12-20(15-35)34-25(27(37)33-19-10-8-18(31)9-11-19)29-13-21(30)24(39-29)22(23(29)28(34)38)26(36)32-14-17-6-4-3-5-7-17/h3-11,16,20-25,35H,12-15H2,1-2H3,(H,32,36)(H,33,37)/t20-,21?,22+,23+,24+,25?,29?/m1/s1. The maximum Gasteiger partial charge on any atom is 0.248 e. The summed E-state index contributed by atoms with van der Waals surface area (Å²) < 4.78 is -0.786. The first-order valence-corrected chi connectivity index (χ1v) is 15.5. The van der Waals surface area contributed by atoms with Crippen LogP contribution in [0.4, 0.5) is 5.69 Å². The van der Waals surface area contributed by atoms with Gasteiger partial charge in [-0.05, 0) is 48.6 Å². The fourth-order valence-corrected chi connectivity index (χ4v) is 10.3. The van der Waals surface area contributed by atoms with Crippen molar-refractivity contribution in [2.45, 2.75) is 60.1 Å². The van der Waals surface area contributed by atoms with Gasteiger partial charge in [-0.2, -0.15) is 0 Å². The minimum Gasteiger partial charge on any atom is -0.394 e. The van der Waals surface area contributed by atoms with Crippen molar-refractivity contribution in [2.24, 2.45) is 17.8 Å². The van der Waals surface area contributed by atoms with Gasteiger partial charge in [0, 0.05) is 27.3 Å². The van der Waals surface area contributed by atoms with Gasteiger partial charge >= 0.3 is 0 Å². The Hall–Kier alpha value is -2.07. The van der Waals surface area contributed by atoms with E-state index in [-0.39, 0.29) is 40.3 Å². The Kier molecular flexibility index (Phi) is 8.34. The van der Waals surface area contributed by atoms with Gasteiger partial charge in [-0.15, -0.1) is 11.8 Å². The minimum absolute atomic E-state index is 0.0255. The van der Waals surface area contributed by atoms with E-state index in [4.69, 9.17) is 11.6 Å². The van der Waals surface area contributed by atoms with Crippen molar-refractivity contribution in [1.29, 1.82) is 0 Å². The van der Waals surface area contributed by atoms with E-state index in [0.29, 0.717) is 30.1 Å². The number of aliphatic hydroxyl groups is 1. The van der Waals surface area contributed by atoms with Crippen LogP contribution in [0.2, 0.25) is 5.02 Å². The molecule has 3 aliphatic heterocycles. The Balaban J connectivity index is 1.49. The number of hydrogen-bond donors (Lipinski definition) is 3. The first kappa shape index (κ1) is 28.5. The summed E-state index contributed by atoms with van der Waals surface area (Å²) in [4.78, 5) is 43.6. The molecule has 7 atom stereocenters. The van der Waals surface area contributed by atoms with E-state index in [2.05, 4.69) is 26.6 Å². The third kappa shape index (κ3) is 5.23. The molecule has 0 aliphatic carbocycles. The summed E-state index contributed by atoms with van der Waals surface area (Å²) in [7, 11) is 0. The van der Waals surface area contributed by atoms with Gasteiger partial charge in [0.15, 0.2) is 0 Å². The van der Waals surface area contributed by atoms with E-state index < -0.39 is 28.7 Å². The molecule has 3 heterocycles. The van der Waals surface area contributed by atoms with Gasteiger partial charge in [-0.25, -0.2) is 0 Å². The number of likely N-dealkylation sites (tertiary alicyclic amines) is 1. The zero-order valence-corrected chi connectivity index (χ0v) is 25.0. The Labute approximate surface area is 246 Å². The molecule has 2 aromatic carbocycles. The number of alkyl halides is 1. The minimum atomic E-state index is -0.830. The summed E-state index contributed by atoms with van der Waals surface area (Å²) in [6.07, 6.45) is 1.13. The maximum atomic E-state index is 14.3. The largest absolute Gasteiger partial charge is 0.394 e. The van der Waals surface area contributed by atoms with Crippen LogP contribution in [0.3, 0.4) is 0 Å². The molecule has 7 nitrogen and oxygen atoms in total. The van der Waals surface area contributed by atoms with Gasteiger partial charge in [0.2, 0.25) is 17.7 Å². The van der Waals surface area contributed by atoms with Crippen molar-refractivity contribution in [1.82, 2.24) is 10.2 Å². The van der Waals surface area contributed by atoms with Crippen LogP contribution in [0.25, 0.3) is 0 Å². The van der Waals surface area contributed by atoms with Gasteiger partial charge in [0.1, 0.15) is 6.04 Å². The summed E-state index contributed by atoms with van der Waals surface area (Å²) in [5.74, 6) is -1.75. The van der Waals surface area contributed by atoms with Gasteiger partial charge in [0.05, 0.1) is 29.2 Å². The highest BCUT2D eigenvalue weighted by Crippen LogP contribution is 2.68. The zero-order chi connectivity index (χ0) is 27.9. The van der Waals surface area contributed by atoms with E-state index in [1.54, 1.807) is 40.9 Å². The molecule has 39 heavy (non-hydrogen) atoms. The fraction of sp³-hybridized carbons (Fsp3) is 0.483. The summed E-state index contributed by atoms with van der Waals surface area (Å²) in [6.45, 7) is 4.17. The average molecular weight is 635 g/mol. The molecule has 208 valence electrons. The number of nitrogens with one attached hydrogen (secondary N) is 2. The van der Waals surface area contributed by atoms with Crippen LogP contribution in [-0.4, -0.2) is 61.2 Å². The number of amides is 3. The summed E-state index contributed by atoms with van der Waals surface area (Å²) in [5.41, 5.74) is 1.55. The summed E-state index contributed by atoms with van der Waals surface area (Å²) in [5, 5.41) is 16.9. The SMILES string of the molecule is CC(C)C[C@H](CO)N1C(=O)[C@@H]2[C@H](C(=O)NCc3ccccc3)[C@H]3SC2(CC3Br)C1C(=O)Nc1ccc(Cl)cc1. The highest BCUT2D eigenvalue weighted by molar-refractivity contribution is 9.09. The van der Waals surface area contributed by atoms with Crippen LogP contribution in [-0.2, 0) is 20.9 Å². The number of anilines is 1. The normalized spacial score (nSPS) is 29.9. The van der Waals surface area contributed by atoms with Crippen LogP contribution in [0.5, 0.6) is 0 Å². The Bertz CT molecular complexity index is 1230. The Morgan fingerprint density at radius 1 is 1.15 bits per heavy atom. The van der Waals surface area contributed by atoms with Crippen molar-refractivity contribution >= 4 is 62.7 Å². The average Bonchev–Trinajstić information content (AvgIpc) is 3.51. The number of halogens is 2. The van der Waals surface area contributed by atoms with E-state index in [1.165, 1.54) is 0 Å². The number of fused-ring (bicyclic) bond motifs is 1. The molecule has 2 bridgehead atoms.